The zero-order valence-electron chi connectivity index (χ0n) is 18.2. The normalized spacial score (nSPS) is 10.7. The molecule has 0 saturated heterocycles. The molecule has 0 radical (unpaired) electrons. The number of phenols is 1. The monoisotopic (exact) mass is 534 g/mol. The van der Waals surface area contributed by atoms with E-state index in [1.807, 2.05) is 0 Å². The third kappa shape index (κ3) is 4.46. The van der Waals surface area contributed by atoms with Crippen molar-refractivity contribution >= 4 is 54.9 Å². The molecule has 11 heteroatoms. The number of fused-ring (bicyclic) bond motifs is 1. The Morgan fingerprint density at radius 3 is 2.61 bits per heavy atom. The van der Waals surface area contributed by atoms with Gasteiger partial charge in [0.2, 0.25) is 0 Å². The van der Waals surface area contributed by atoms with Crippen molar-refractivity contribution in [2.45, 2.75) is 13.5 Å². The minimum absolute atomic E-state index is 0.0888. The molecule has 33 heavy (non-hydrogen) atoms. The number of para-hydroxylation sites is 1. The lowest BCUT2D eigenvalue weighted by Crippen LogP contribution is -2.22. The fraction of sp³-hybridized carbons (Fsp3) is 0.227. The summed E-state index contributed by atoms with van der Waals surface area (Å²) < 4.78 is 25.3. The molecule has 0 aliphatic rings. The van der Waals surface area contributed by atoms with Gasteiger partial charge >= 0.3 is 5.97 Å². The first kappa shape index (κ1) is 24.3. The number of halogens is 1. The van der Waals surface area contributed by atoms with Crippen LogP contribution in [-0.4, -0.2) is 44.4 Å². The fourth-order valence-electron chi connectivity index (χ4n) is 3.66. The molecular formula is C22H23BrN4O5S. The Kier molecular flexibility index (Phi) is 7.44. The maximum Gasteiger partial charge on any atom is 0.341 e. The lowest BCUT2D eigenvalue weighted by atomic mass is 10.00. The average molecular weight is 535 g/mol. The highest BCUT2D eigenvalue weighted by Crippen LogP contribution is 2.40. The van der Waals surface area contributed by atoms with E-state index in [9.17, 15) is 14.1 Å². The summed E-state index contributed by atoms with van der Waals surface area (Å²) in [7, 11) is 3.22. The summed E-state index contributed by atoms with van der Waals surface area (Å²) in [5, 5.41) is 11.2. The molecular weight excluding hydrogens is 512 g/mol. The van der Waals surface area contributed by atoms with Gasteiger partial charge in [-0.3, -0.25) is 0 Å². The zero-order chi connectivity index (χ0) is 24.3. The van der Waals surface area contributed by atoms with Crippen molar-refractivity contribution in [3.05, 3.63) is 57.2 Å². The number of hydrogen-bond acceptors (Lipinski definition) is 6. The smallest absolute Gasteiger partial charge is 0.341 e. The van der Waals surface area contributed by atoms with Crippen LogP contribution in [0.25, 0.3) is 10.9 Å². The van der Waals surface area contributed by atoms with E-state index in [1.54, 1.807) is 48.9 Å². The van der Waals surface area contributed by atoms with E-state index in [4.69, 9.17) is 20.9 Å². The summed E-state index contributed by atoms with van der Waals surface area (Å²) in [4.78, 5) is 17.5. The Morgan fingerprint density at radius 2 is 2.00 bits per heavy atom. The van der Waals surface area contributed by atoms with Crippen molar-refractivity contribution in [3.63, 3.8) is 0 Å². The molecule has 174 valence electrons. The van der Waals surface area contributed by atoms with Gasteiger partial charge in [-0.2, -0.15) is 0 Å². The number of aromatic nitrogens is 1. The lowest BCUT2D eigenvalue weighted by Gasteiger charge is -2.12. The second-order valence-electron chi connectivity index (χ2n) is 6.94. The molecule has 0 amide bonds. The summed E-state index contributed by atoms with van der Waals surface area (Å²) in [6.07, 6.45) is 0. The fourth-order valence-corrected chi connectivity index (χ4v) is 4.70. The number of aliphatic imine (C=N–C) groups is 1. The summed E-state index contributed by atoms with van der Waals surface area (Å²) in [6, 6.07) is 8.68. The molecule has 3 aromatic rings. The van der Waals surface area contributed by atoms with Crippen LogP contribution >= 0.6 is 15.9 Å². The van der Waals surface area contributed by atoms with Gasteiger partial charge < -0.3 is 30.6 Å². The number of carbonyl (C=O) groups is 1. The zero-order valence-corrected chi connectivity index (χ0v) is 20.6. The molecule has 0 spiro atoms. The molecule has 0 atom stereocenters. The SMILES string of the molecule is CCOC(=O)c1c(C(=S=O)c2ccccc2OC)n(C)c2cc(Br)c(O)c(CN=C(N)N)c12. The van der Waals surface area contributed by atoms with Crippen LogP contribution in [0.3, 0.4) is 0 Å². The molecule has 0 bridgehead atoms. The van der Waals surface area contributed by atoms with Crippen LogP contribution in [0.1, 0.15) is 34.1 Å². The molecule has 0 aliphatic carbocycles. The first-order valence-electron chi connectivity index (χ1n) is 9.82. The number of nitrogens with two attached hydrogens (primary N) is 2. The van der Waals surface area contributed by atoms with Crippen LogP contribution in [0.5, 0.6) is 11.5 Å². The number of aromatic hydroxyl groups is 1. The third-order valence-electron chi connectivity index (χ3n) is 5.07. The van der Waals surface area contributed by atoms with Gasteiger partial charge in [-0.05, 0) is 41.1 Å². The van der Waals surface area contributed by atoms with Crippen LogP contribution in [0.2, 0.25) is 0 Å². The van der Waals surface area contributed by atoms with E-state index >= 15 is 0 Å². The van der Waals surface area contributed by atoms with Crippen LogP contribution in [0, 0.1) is 0 Å². The van der Waals surface area contributed by atoms with Crippen molar-refractivity contribution < 1.29 is 23.6 Å². The molecule has 0 unspecified atom stereocenters. The number of carbonyl (C=O) groups excluding carboxylic acids is 1. The van der Waals surface area contributed by atoms with Crippen molar-refractivity contribution in [3.8, 4) is 11.5 Å². The van der Waals surface area contributed by atoms with Crippen LogP contribution in [-0.2, 0) is 29.6 Å². The van der Waals surface area contributed by atoms with E-state index in [2.05, 4.69) is 20.9 Å². The molecule has 3 rings (SSSR count). The molecule has 0 saturated carbocycles. The Bertz CT molecular complexity index is 1320. The number of nitrogens with zero attached hydrogens (tertiary/aromatic N) is 2. The topological polar surface area (TPSA) is 142 Å². The number of hydrogen-bond donors (Lipinski definition) is 3. The molecule has 0 aliphatic heterocycles. The van der Waals surface area contributed by atoms with E-state index in [-0.39, 0.29) is 46.5 Å². The van der Waals surface area contributed by atoms with Crippen molar-refractivity contribution in [1.29, 1.82) is 0 Å². The van der Waals surface area contributed by atoms with E-state index < -0.39 is 5.97 Å². The van der Waals surface area contributed by atoms with Crippen LogP contribution < -0.4 is 16.2 Å². The van der Waals surface area contributed by atoms with Crippen molar-refractivity contribution in [1.82, 2.24) is 4.57 Å². The van der Waals surface area contributed by atoms with E-state index in [0.29, 0.717) is 37.9 Å². The van der Waals surface area contributed by atoms with Crippen LogP contribution in [0.15, 0.2) is 39.8 Å². The van der Waals surface area contributed by atoms with Crippen molar-refractivity contribution in [2.24, 2.45) is 23.5 Å². The maximum absolute atomic E-state index is 13.2. The van der Waals surface area contributed by atoms with E-state index in [0.717, 1.165) is 0 Å². The van der Waals surface area contributed by atoms with Gasteiger partial charge in [0.15, 0.2) is 5.96 Å². The van der Waals surface area contributed by atoms with E-state index in [1.165, 1.54) is 7.11 Å². The summed E-state index contributed by atoms with van der Waals surface area (Å²) in [5.41, 5.74) is 12.9. The number of methoxy groups -OCH3 is 1. The standard InChI is InChI=1S/C22H23BrN4O5S/c1-4-32-21(29)17-16-12(10-26-22(24)25)19(28)13(23)9-14(16)27(2)18(17)20(33-30)11-7-5-6-8-15(11)31-3/h5-9,28H,4,10H2,1-3H3,(H4,24,25,26). The van der Waals surface area contributed by atoms with Gasteiger partial charge in [0.25, 0.3) is 0 Å². The number of guanidine groups is 1. The highest BCUT2D eigenvalue weighted by Gasteiger charge is 2.30. The summed E-state index contributed by atoms with van der Waals surface area (Å²) in [6.45, 7) is 1.72. The van der Waals surface area contributed by atoms with Gasteiger partial charge in [-0.1, -0.05) is 12.1 Å². The number of phenolic OH excluding ortho intramolecular Hbond substituents is 1. The quantitative estimate of drug-likeness (QED) is 0.139. The molecule has 1 heterocycles. The number of rotatable bonds is 7. The third-order valence-corrected chi connectivity index (χ3v) is 6.25. The Labute approximate surface area is 202 Å². The highest BCUT2D eigenvalue weighted by molar-refractivity contribution is 9.10. The van der Waals surface area contributed by atoms with Gasteiger partial charge in [0, 0.05) is 23.6 Å². The maximum atomic E-state index is 13.2. The Balaban J connectivity index is 2.50. The Hall–Kier alpha value is -3.31. The van der Waals surface area contributed by atoms with Gasteiger partial charge in [-0.15, -0.1) is 0 Å². The minimum Gasteiger partial charge on any atom is -0.506 e. The number of benzene rings is 2. The first-order chi connectivity index (χ1) is 15.8. The predicted molar refractivity (Wildman–Crippen MR) is 132 cm³/mol. The number of esters is 1. The second kappa shape index (κ2) is 10.1. The predicted octanol–water partition coefficient (Wildman–Crippen LogP) is 2.39. The largest absolute Gasteiger partial charge is 0.506 e. The van der Waals surface area contributed by atoms with Gasteiger partial charge in [0.05, 0.1) is 52.8 Å². The van der Waals surface area contributed by atoms with Gasteiger partial charge in [-0.25, -0.2) is 14.0 Å². The second-order valence-corrected chi connectivity index (χ2v) is 8.37. The molecule has 5 N–H and O–H groups in total. The highest BCUT2D eigenvalue weighted by atomic mass is 79.9. The van der Waals surface area contributed by atoms with Crippen LogP contribution in [0.4, 0.5) is 0 Å². The number of ether oxygens (including phenoxy) is 2. The lowest BCUT2D eigenvalue weighted by molar-refractivity contribution is 0.0528. The summed E-state index contributed by atoms with van der Waals surface area (Å²) >= 11 is 3.58. The molecule has 9 nitrogen and oxygen atoms in total. The first-order valence-corrected chi connectivity index (χ1v) is 11.4. The van der Waals surface area contributed by atoms with Crippen molar-refractivity contribution in [2.75, 3.05) is 13.7 Å². The Morgan fingerprint density at radius 1 is 1.30 bits per heavy atom. The molecule has 1 aromatic heterocycles. The molecule has 2 aromatic carbocycles. The number of aryl methyl sites for hydroxylation is 1. The summed E-state index contributed by atoms with van der Waals surface area (Å²) in [5.74, 6) is -0.468. The van der Waals surface area contributed by atoms with Gasteiger partial charge in [0.1, 0.15) is 16.4 Å². The minimum atomic E-state index is -0.646. The molecule has 0 fully saturated rings. The average Bonchev–Trinajstić information content (AvgIpc) is 3.07.